The first kappa shape index (κ1) is 15.0. The lowest BCUT2D eigenvalue weighted by Crippen LogP contribution is -2.24. The van der Waals surface area contributed by atoms with Gasteiger partial charge in [0.2, 0.25) is 0 Å². The number of rotatable bonds is 2. The van der Waals surface area contributed by atoms with Gasteiger partial charge in [0.05, 0.1) is 16.6 Å². The van der Waals surface area contributed by atoms with Crippen LogP contribution in [0, 0.1) is 6.92 Å². The van der Waals surface area contributed by atoms with Gasteiger partial charge in [0, 0.05) is 10.7 Å². The number of nitrogens with zero attached hydrogens (tertiary/aromatic N) is 1. The SMILES string of the molecule is Cc1nc2[nH]c(=O)[nH]c(=O)c2cc1C(=O)Nc1ccc(Cl)cc1. The minimum atomic E-state index is -0.646. The van der Waals surface area contributed by atoms with Gasteiger partial charge in [-0.2, -0.15) is 0 Å². The first-order valence-corrected chi connectivity index (χ1v) is 7.03. The molecule has 0 saturated heterocycles. The maximum absolute atomic E-state index is 12.4. The molecule has 0 fully saturated rings. The minimum absolute atomic E-state index is 0.136. The number of anilines is 1. The maximum atomic E-state index is 12.4. The van der Waals surface area contributed by atoms with Crippen LogP contribution >= 0.6 is 11.6 Å². The lowest BCUT2D eigenvalue weighted by atomic mass is 10.1. The molecule has 0 radical (unpaired) electrons. The molecule has 0 saturated carbocycles. The molecule has 3 aromatic rings. The topological polar surface area (TPSA) is 108 Å². The Hall–Kier alpha value is -2.93. The van der Waals surface area contributed by atoms with Crippen molar-refractivity contribution in [2.75, 3.05) is 5.32 Å². The van der Waals surface area contributed by atoms with Gasteiger partial charge in [0.15, 0.2) is 0 Å². The molecule has 0 atom stereocenters. The molecule has 1 aromatic carbocycles. The van der Waals surface area contributed by atoms with E-state index in [9.17, 15) is 14.4 Å². The molecular weight excluding hydrogens is 320 g/mol. The average Bonchev–Trinajstić information content (AvgIpc) is 2.48. The van der Waals surface area contributed by atoms with Crippen LogP contribution in [0.3, 0.4) is 0 Å². The van der Waals surface area contributed by atoms with Gasteiger partial charge in [0.25, 0.3) is 11.5 Å². The van der Waals surface area contributed by atoms with Gasteiger partial charge in [-0.1, -0.05) is 11.6 Å². The van der Waals surface area contributed by atoms with Crippen LogP contribution in [0.1, 0.15) is 16.1 Å². The van der Waals surface area contributed by atoms with Gasteiger partial charge in [0.1, 0.15) is 5.65 Å². The molecule has 2 heterocycles. The first-order chi connectivity index (χ1) is 10.9. The van der Waals surface area contributed by atoms with Gasteiger partial charge in [-0.05, 0) is 37.3 Å². The first-order valence-electron chi connectivity index (χ1n) is 6.65. The number of hydrogen-bond acceptors (Lipinski definition) is 4. The van der Waals surface area contributed by atoms with Crippen LogP contribution in [0.25, 0.3) is 11.0 Å². The monoisotopic (exact) mass is 330 g/mol. The number of H-pyrrole nitrogens is 2. The zero-order chi connectivity index (χ0) is 16.6. The predicted octanol–water partition coefficient (Wildman–Crippen LogP) is 1.83. The fraction of sp³-hybridized carbons (Fsp3) is 0.0667. The number of halogens is 1. The van der Waals surface area contributed by atoms with Crippen LogP contribution in [-0.2, 0) is 0 Å². The van der Waals surface area contributed by atoms with E-state index in [1.807, 2.05) is 0 Å². The molecule has 0 spiro atoms. The zero-order valence-corrected chi connectivity index (χ0v) is 12.7. The second kappa shape index (κ2) is 5.69. The number of benzene rings is 1. The number of aromatic nitrogens is 3. The summed E-state index contributed by atoms with van der Waals surface area (Å²) in [5.74, 6) is -0.412. The molecule has 1 amide bonds. The Labute approximate surface area is 134 Å². The molecule has 0 aliphatic rings. The number of nitrogens with one attached hydrogen (secondary N) is 3. The molecule has 2 aromatic heterocycles. The van der Waals surface area contributed by atoms with Crippen molar-refractivity contribution in [1.29, 1.82) is 0 Å². The predicted molar refractivity (Wildman–Crippen MR) is 87.1 cm³/mol. The number of aromatic amines is 2. The minimum Gasteiger partial charge on any atom is -0.322 e. The molecular formula is C15H11ClN4O3. The summed E-state index contributed by atoms with van der Waals surface area (Å²) >= 11 is 5.80. The molecule has 7 nitrogen and oxygen atoms in total. The third kappa shape index (κ3) is 3.00. The largest absolute Gasteiger partial charge is 0.327 e. The summed E-state index contributed by atoms with van der Waals surface area (Å²) in [5.41, 5.74) is 0.0911. The van der Waals surface area contributed by atoms with E-state index in [4.69, 9.17) is 11.6 Å². The summed E-state index contributed by atoms with van der Waals surface area (Å²) in [7, 11) is 0. The Morgan fingerprint density at radius 1 is 1.17 bits per heavy atom. The standard InChI is InChI=1S/C15H11ClN4O3/c1-7-10(13(21)18-9-4-2-8(16)3-5-9)6-11-12(17-7)19-15(23)20-14(11)22/h2-6H,1H3,(H,18,21)(H2,17,19,20,22,23). The quantitative estimate of drug-likeness (QED) is 0.666. The van der Waals surface area contributed by atoms with Crippen LogP contribution in [0.2, 0.25) is 5.02 Å². The van der Waals surface area contributed by atoms with E-state index in [1.165, 1.54) is 6.07 Å². The fourth-order valence-corrected chi connectivity index (χ4v) is 2.27. The summed E-state index contributed by atoms with van der Waals surface area (Å²) in [4.78, 5) is 44.1. The van der Waals surface area contributed by atoms with E-state index in [0.717, 1.165) is 0 Å². The van der Waals surface area contributed by atoms with Gasteiger partial charge >= 0.3 is 5.69 Å². The Balaban J connectivity index is 2.03. The van der Waals surface area contributed by atoms with Crippen molar-refractivity contribution >= 4 is 34.2 Å². The lowest BCUT2D eigenvalue weighted by molar-refractivity contribution is 0.102. The van der Waals surface area contributed by atoms with Crippen molar-refractivity contribution in [2.45, 2.75) is 6.92 Å². The van der Waals surface area contributed by atoms with Gasteiger partial charge in [-0.3, -0.25) is 19.6 Å². The van der Waals surface area contributed by atoms with Crippen molar-refractivity contribution in [2.24, 2.45) is 0 Å². The molecule has 0 aliphatic heterocycles. The molecule has 3 N–H and O–H groups in total. The van der Waals surface area contributed by atoms with Gasteiger partial charge < -0.3 is 5.32 Å². The normalized spacial score (nSPS) is 10.7. The molecule has 0 bridgehead atoms. The van der Waals surface area contributed by atoms with E-state index in [-0.39, 0.29) is 16.6 Å². The lowest BCUT2D eigenvalue weighted by Gasteiger charge is -2.08. The van der Waals surface area contributed by atoms with Gasteiger partial charge in [-0.15, -0.1) is 0 Å². The van der Waals surface area contributed by atoms with E-state index >= 15 is 0 Å². The summed E-state index contributed by atoms with van der Waals surface area (Å²) < 4.78 is 0. The van der Waals surface area contributed by atoms with Crippen LogP contribution in [0.5, 0.6) is 0 Å². The Kier molecular flexibility index (Phi) is 3.71. The molecule has 8 heteroatoms. The summed E-state index contributed by atoms with van der Waals surface area (Å²) in [6.07, 6.45) is 0. The van der Waals surface area contributed by atoms with E-state index in [1.54, 1.807) is 31.2 Å². The average molecular weight is 331 g/mol. The Bertz CT molecular complexity index is 1020. The van der Waals surface area contributed by atoms with E-state index < -0.39 is 17.2 Å². The van der Waals surface area contributed by atoms with Crippen LogP contribution < -0.4 is 16.6 Å². The van der Waals surface area contributed by atoms with Crippen molar-refractivity contribution in [3.63, 3.8) is 0 Å². The maximum Gasteiger partial charge on any atom is 0.327 e. The zero-order valence-electron chi connectivity index (χ0n) is 11.9. The fourth-order valence-electron chi connectivity index (χ4n) is 2.14. The molecule has 3 rings (SSSR count). The third-order valence-electron chi connectivity index (χ3n) is 3.26. The van der Waals surface area contributed by atoms with E-state index in [2.05, 4.69) is 20.3 Å². The van der Waals surface area contributed by atoms with Crippen LogP contribution in [0.4, 0.5) is 5.69 Å². The molecule has 0 unspecified atom stereocenters. The van der Waals surface area contributed by atoms with E-state index in [0.29, 0.717) is 16.4 Å². The number of carbonyl (C=O) groups is 1. The summed E-state index contributed by atoms with van der Waals surface area (Å²) in [6, 6.07) is 8.02. The Morgan fingerprint density at radius 2 is 1.87 bits per heavy atom. The van der Waals surface area contributed by atoms with Crippen molar-refractivity contribution in [3.8, 4) is 0 Å². The molecule has 116 valence electrons. The van der Waals surface area contributed by atoms with Crippen LogP contribution in [0.15, 0.2) is 39.9 Å². The highest BCUT2D eigenvalue weighted by molar-refractivity contribution is 6.30. The van der Waals surface area contributed by atoms with Crippen molar-refractivity contribution in [1.82, 2.24) is 15.0 Å². The second-order valence-corrected chi connectivity index (χ2v) is 5.32. The number of fused-ring (bicyclic) bond motifs is 1. The van der Waals surface area contributed by atoms with Crippen LogP contribution in [-0.4, -0.2) is 20.9 Å². The number of aryl methyl sites for hydroxylation is 1. The number of hydrogen-bond donors (Lipinski definition) is 3. The molecule has 0 aliphatic carbocycles. The summed E-state index contributed by atoms with van der Waals surface area (Å²) in [6.45, 7) is 1.62. The van der Waals surface area contributed by atoms with Crippen molar-refractivity contribution in [3.05, 3.63) is 67.4 Å². The van der Waals surface area contributed by atoms with Gasteiger partial charge in [-0.25, -0.2) is 9.78 Å². The number of amides is 1. The molecule has 23 heavy (non-hydrogen) atoms. The highest BCUT2D eigenvalue weighted by atomic mass is 35.5. The highest BCUT2D eigenvalue weighted by Crippen LogP contribution is 2.16. The smallest absolute Gasteiger partial charge is 0.322 e. The number of pyridine rings is 1. The summed E-state index contributed by atoms with van der Waals surface area (Å²) in [5, 5.41) is 3.39. The Morgan fingerprint density at radius 3 is 2.57 bits per heavy atom. The third-order valence-corrected chi connectivity index (χ3v) is 3.52. The highest BCUT2D eigenvalue weighted by Gasteiger charge is 2.14. The number of carbonyl (C=O) groups excluding carboxylic acids is 1. The van der Waals surface area contributed by atoms with Crippen molar-refractivity contribution < 1.29 is 4.79 Å². The second-order valence-electron chi connectivity index (χ2n) is 4.89.